The minimum absolute atomic E-state index is 0.269. The van der Waals surface area contributed by atoms with Crippen molar-refractivity contribution in [3.63, 3.8) is 0 Å². The van der Waals surface area contributed by atoms with Crippen LogP contribution in [0.25, 0.3) is 15.2 Å². The molecule has 0 aliphatic carbocycles. The van der Waals surface area contributed by atoms with Gasteiger partial charge in [-0.15, -0.1) is 4.80 Å². The van der Waals surface area contributed by atoms with Gasteiger partial charge in [0.2, 0.25) is 0 Å². The SMILES string of the molecule is CCCn1c(=O)c2c(C)c(-n3nccn3)sc2n(CCc2cc(F)ccc2OC)c1=O. The molecule has 0 saturated heterocycles. The van der Waals surface area contributed by atoms with E-state index in [1.165, 1.54) is 39.9 Å². The molecule has 0 amide bonds. The lowest BCUT2D eigenvalue weighted by Crippen LogP contribution is -2.40. The number of methoxy groups -OCH3 is 1. The van der Waals surface area contributed by atoms with Crippen molar-refractivity contribution in [1.82, 2.24) is 24.1 Å². The van der Waals surface area contributed by atoms with Crippen LogP contribution in [0.4, 0.5) is 4.39 Å². The van der Waals surface area contributed by atoms with Gasteiger partial charge in [0.05, 0.1) is 24.9 Å². The highest BCUT2D eigenvalue weighted by Gasteiger charge is 2.21. The van der Waals surface area contributed by atoms with Crippen molar-refractivity contribution in [1.29, 1.82) is 0 Å². The van der Waals surface area contributed by atoms with E-state index >= 15 is 0 Å². The van der Waals surface area contributed by atoms with Crippen molar-refractivity contribution in [2.45, 2.75) is 39.8 Å². The third-order valence-corrected chi connectivity index (χ3v) is 6.44. The highest BCUT2D eigenvalue weighted by atomic mass is 32.1. The number of thiophene rings is 1. The molecule has 0 saturated carbocycles. The Morgan fingerprint density at radius 1 is 1.13 bits per heavy atom. The fourth-order valence-corrected chi connectivity index (χ4v) is 4.92. The summed E-state index contributed by atoms with van der Waals surface area (Å²) in [4.78, 5) is 28.4. The van der Waals surface area contributed by atoms with Crippen molar-refractivity contribution in [2.24, 2.45) is 0 Å². The van der Waals surface area contributed by atoms with Crippen LogP contribution in [0, 0.1) is 12.7 Å². The summed E-state index contributed by atoms with van der Waals surface area (Å²) >= 11 is 1.29. The Morgan fingerprint density at radius 2 is 1.87 bits per heavy atom. The lowest BCUT2D eigenvalue weighted by Gasteiger charge is -2.13. The number of ether oxygens (including phenoxy) is 1. The van der Waals surface area contributed by atoms with Crippen LogP contribution in [0.15, 0.2) is 40.2 Å². The zero-order valence-electron chi connectivity index (χ0n) is 17.5. The molecular formula is C21H22FN5O3S. The summed E-state index contributed by atoms with van der Waals surface area (Å²) in [6.45, 7) is 4.34. The van der Waals surface area contributed by atoms with E-state index in [9.17, 15) is 14.0 Å². The summed E-state index contributed by atoms with van der Waals surface area (Å²) in [5.74, 6) is 0.180. The molecule has 3 aromatic heterocycles. The van der Waals surface area contributed by atoms with Crippen molar-refractivity contribution in [2.75, 3.05) is 7.11 Å². The first kappa shape index (κ1) is 21.0. The predicted molar refractivity (Wildman–Crippen MR) is 117 cm³/mol. The Bertz CT molecular complexity index is 1350. The Kier molecular flexibility index (Phi) is 5.73. The molecule has 8 nitrogen and oxygen atoms in total. The maximum atomic E-state index is 13.8. The first-order valence-corrected chi connectivity index (χ1v) is 10.7. The molecule has 0 aliphatic heterocycles. The van der Waals surface area contributed by atoms with Crippen molar-refractivity contribution < 1.29 is 9.13 Å². The summed E-state index contributed by atoms with van der Waals surface area (Å²) in [6.07, 6.45) is 4.13. The van der Waals surface area contributed by atoms with E-state index in [0.717, 1.165) is 5.56 Å². The lowest BCUT2D eigenvalue weighted by molar-refractivity contribution is 0.406. The average molecular weight is 444 g/mol. The van der Waals surface area contributed by atoms with Crippen LogP contribution in [0.5, 0.6) is 5.75 Å². The molecule has 0 aliphatic rings. The van der Waals surface area contributed by atoms with Crippen LogP contribution in [0.1, 0.15) is 24.5 Å². The normalized spacial score (nSPS) is 11.4. The summed E-state index contributed by atoms with van der Waals surface area (Å²) in [6, 6.07) is 4.31. The number of aryl methyl sites for hydroxylation is 3. The molecule has 0 atom stereocenters. The third kappa shape index (κ3) is 3.67. The van der Waals surface area contributed by atoms with Crippen molar-refractivity contribution in [3.8, 4) is 10.8 Å². The zero-order chi connectivity index (χ0) is 22.1. The van der Waals surface area contributed by atoms with Gasteiger partial charge in [0.15, 0.2) is 0 Å². The molecule has 0 bridgehead atoms. The van der Waals surface area contributed by atoms with Gasteiger partial charge in [0.1, 0.15) is 21.4 Å². The second kappa shape index (κ2) is 8.46. The monoisotopic (exact) mass is 443 g/mol. The number of halogens is 1. The molecule has 1 aromatic carbocycles. The Hall–Kier alpha value is -3.27. The molecule has 0 spiro atoms. The zero-order valence-corrected chi connectivity index (χ0v) is 18.3. The van der Waals surface area contributed by atoms with Crippen LogP contribution in [-0.4, -0.2) is 31.2 Å². The van der Waals surface area contributed by atoms with Crippen molar-refractivity contribution in [3.05, 3.63) is 68.4 Å². The molecule has 162 valence electrons. The van der Waals surface area contributed by atoms with Gasteiger partial charge in [-0.25, -0.2) is 9.18 Å². The van der Waals surface area contributed by atoms with Gasteiger partial charge >= 0.3 is 5.69 Å². The van der Waals surface area contributed by atoms with E-state index in [0.29, 0.717) is 45.9 Å². The fourth-order valence-electron chi connectivity index (χ4n) is 3.69. The van der Waals surface area contributed by atoms with Gasteiger partial charge < -0.3 is 4.74 Å². The number of benzene rings is 1. The van der Waals surface area contributed by atoms with E-state index in [1.54, 1.807) is 23.0 Å². The smallest absolute Gasteiger partial charge is 0.332 e. The summed E-state index contributed by atoms with van der Waals surface area (Å²) in [5.41, 5.74) is 0.686. The molecule has 0 N–H and O–H groups in total. The first-order valence-electron chi connectivity index (χ1n) is 9.92. The third-order valence-electron chi connectivity index (χ3n) is 5.16. The molecule has 0 unspecified atom stereocenters. The van der Waals surface area contributed by atoms with Crippen LogP contribution in [-0.2, 0) is 19.5 Å². The second-order valence-electron chi connectivity index (χ2n) is 7.13. The van der Waals surface area contributed by atoms with Gasteiger partial charge in [-0.2, -0.15) is 10.2 Å². The first-order chi connectivity index (χ1) is 15.0. The van der Waals surface area contributed by atoms with Crippen LogP contribution < -0.4 is 16.0 Å². The van der Waals surface area contributed by atoms with Gasteiger partial charge in [-0.05, 0) is 43.5 Å². The molecule has 4 rings (SSSR count). The van der Waals surface area contributed by atoms with Gasteiger partial charge in [-0.3, -0.25) is 13.9 Å². The fraction of sp³-hybridized carbons (Fsp3) is 0.333. The van der Waals surface area contributed by atoms with Crippen LogP contribution in [0.3, 0.4) is 0 Å². The van der Waals surface area contributed by atoms with Gasteiger partial charge in [-0.1, -0.05) is 18.3 Å². The molecule has 4 aromatic rings. The van der Waals surface area contributed by atoms with Crippen LogP contribution >= 0.6 is 11.3 Å². The Balaban J connectivity index is 1.89. The largest absolute Gasteiger partial charge is 0.496 e. The number of hydrogen-bond acceptors (Lipinski definition) is 6. The van der Waals surface area contributed by atoms with Crippen molar-refractivity contribution >= 4 is 21.6 Å². The lowest BCUT2D eigenvalue weighted by atomic mass is 10.1. The van der Waals surface area contributed by atoms with Crippen LogP contribution in [0.2, 0.25) is 0 Å². The highest BCUT2D eigenvalue weighted by Crippen LogP contribution is 2.30. The second-order valence-corrected chi connectivity index (χ2v) is 8.11. The molecular weight excluding hydrogens is 421 g/mol. The molecule has 10 heteroatoms. The standard InChI is InChI=1S/C21H22FN5O3S/c1-4-10-25-18(28)17-13(2)19(27-23-8-9-24-27)31-20(17)26(21(25)29)11-7-14-12-15(22)5-6-16(14)30-3/h5-6,8-9,12H,4,7,10-11H2,1-3H3. The number of nitrogens with zero attached hydrogens (tertiary/aromatic N) is 5. The summed E-state index contributed by atoms with van der Waals surface area (Å²) < 4.78 is 22.0. The minimum Gasteiger partial charge on any atom is -0.496 e. The topological polar surface area (TPSA) is 83.9 Å². The molecule has 0 fully saturated rings. The van der Waals surface area contributed by atoms with E-state index in [2.05, 4.69) is 10.2 Å². The molecule has 3 heterocycles. The van der Waals surface area contributed by atoms with E-state index in [4.69, 9.17) is 4.74 Å². The van der Waals surface area contributed by atoms with E-state index in [1.807, 2.05) is 13.8 Å². The Morgan fingerprint density at radius 3 is 2.55 bits per heavy atom. The number of rotatable bonds is 7. The number of aromatic nitrogens is 5. The van der Waals surface area contributed by atoms with E-state index < -0.39 is 0 Å². The maximum Gasteiger partial charge on any atom is 0.332 e. The predicted octanol–water partition coefficient (Wildman–Crippen LogP) is 2.91. The minimum atomic E-state index is -0.379. The quantitative estimate of drug-likeness (QED) is 0.439. The Labute approximate surface area is 181 Å². The number of hydrogen-bond donors (Lipinski definition) is 0. The highest BCUT2D eigenvalue weighted by molar-refractivity contribution is 7.21. The van der Waals surface area contributed by atoms with Gasteiger partial charge in [0.25, 0.3) is 5.56 Å². The summed E-state index contributed by atoms with van der Waals surface area (Å²) in [7, 11) is 1.52. The average Bonchev–Trinajstić information content (AvgIpc) is 3.39. The molecule has 0 radical (unpaired) electrons. The summed E-state index contributed by atoms with van der Waals surface area (Å²) in [5, 5.41) is 9.51. The number of fused-ring (bicyclic) bond motifs is 1. The maximum absolute atomic E-state index is 13.8. The van der Waals surface area contributed by atoms with E-state index in [-0.39, 0.29) is 23.6 Å². The van der Waals surface area contributed by atoms with Gasteiger partial charge in [0, 0.05) is 18.7 Å². The molecule has 31 heavy (non-hydrogen) atoms.